The average molecular weight is 251 g/mol. The molecule has 17 heavy (non-hydrogen) atoms. The van der Waals surface area contributed by atoms with Gasteiger partial charge in [-0.2, -0.15) is 0 Å². The van der Waals surface area contributed by atoms with E-state index in [4.69, 9.17) is 4.74 Å². The Morgan fingerprint density at radius 2 is 2.35 bits per heavy atom. The van der Waals surface area contributed by atoms with Crippen molar-refractivity contribution in [2.75, 3.05) is 17.7 Å². The minimum atomic E-state index is -0.269. The zero-order valence-corrected chi connectivity index (χ0v) is 10.8. The second-order valence-electron chi connectivity index (χ2n) is 3.92. The Hall–Kier alpha value is -1.00. The van der Waals surface area contributed by atoms with Crippen LogP contribution < -0.4 is 5.32 Å². The fraction of sp³-hybridized carbons (Fsp3) is 0.462. The van der Waals surface area contributed by atoms with Crippen LogP contribution in [0.15, 0.2) is 29.2 Å². The molecule has 0 spiro atoms. The highest BCUT2D eigenvalue weighted by atomic mass is 32.2. The summed E-state index contributed by atoms with van der Waals surface area (Å²) in [6, 6.07) is 7.88. The van der Waals surface area contributed by atoms with Gasteiger partial charge >= 0.3 is 0 Å². The molecule has 2 rings (SSSR count). The van der Waals surface area contributed by atoms with Gasteiger partial charge in [-0.25, -0.2) is 0 Å². The van der Waals surface area contributed by atoms with E-state index in [1.165, 1.54) is 0 Å². The first-order valence-electron chi connectivity index (χ1n) is 5.95. The Morgan fingerprint density at radius 1 is 1.53 bits per heavy atom. The molecule has 1 aliphatic heterocycles. The summed E-state index contributed by atoms with van der Waals surface area (Å²) in [5.74, 6) is 0.971. The number of hydrogen-bond donors (Lipinski definition) is 1. The quantitative estimate of drug-likeness (QED) is 0.836. The van der Waals surface area contributed by atoms with Crippen molar-refractivity contribution in [3.8, 4) is 0 Å². The van der Waals surface area contributed by atoms with Crippen molar-refractivity contribution >= 4 is 23.4 Å². The predicted octanol–water partition coefficient (Wildman–Crippen LogP) is 2.92. The molecule has 1 aromatic carbocycles. The van der Waals surface area contributed by atoms with Gasteiger partial charge in [0.25, 0.3) is 5.91 Å². The van der Waals surface area contributed by atoms with Crippen molar-refractivity contribution < 1.29 is 9.53 Å². The number of hydrogen-bond acceptors (Lipinski definition) is 3. The highest BCUT2D eigenvalue weighted by Crippen LogP contribution is 2.27. The summed E-state index contributed by atoms with van der Waals surface area (Å²) >= 11 is 1.73. The van der Waals surface area contributed by atoms with Crippen LogP contribution in [-0.2, 0) is 9.53 Å². The Bertz CT molecular complexity index is 389. The van der Waals surface area contributed by atoms with Crippen LogP contribution in [0.5, 0.6) is 0 Å². The lowest BCUT2D eigenvalue weighted by Crippen LogP contribution is -2.27. The normalized spacial score (nSPS) is 19.2. The summed E-state index contributed by atoms with van der Waals surface area (Å²) in [5.41, 5.74) is 0.889. The number of ether oxygens (including phenoxy) is 1. The minimum absolute atomic E-state index is 0.0216. The molecule has 1 heterocycles. The van der Waals surface area contributed by atoms with Gasteiger partial charge in [-0.15, -0.1) is 11.8 Å². The van der Waals surface area contributed by atoms with E-state index in [1.807, 2.05) is 24.3 Å². The first-order valence-corrected chi connectivity index (χ1v) is 6.94. The van der Waals surface area contributed by atoms with Crippen molar-refractivity contribution in [3.05, 3.63) is 24.3 Å². The van der Waals surface area contributed by atoms with Crippen molar-refractivity contribution in [2.24, 2.45) is 0 Å². The van der Waals surface area contributed by atoms with Gasteiger partial charge in [-0.3, -0.25) is 4.79 Å². The summed E-state index contributed by atoms with van der Waals surface area (Å²) in [6.07, 6.45) is 1.54. The lowest BCUT2D eigenvalue weighted by molar-refractivity contribution is -0.124. The minimum Gasteiger partial charge on any atom is -0.368 e. The molecule has 0 radical (unpaired) electrons. The molecular formula is C13H17NO2S. The van der Waals surface area contributed by atoms with Crippen molar-refractivity contribution in [1.82, 2.24) is 0 Å². The molecule has 1 N–H and O–H groups in total. The number of thioether (sulfide) groups is 1. The number of anilines is 1. The maximum atomic E-state index is 11.9. The Kier molecular flexibility index (Phi) is 4.45. The van der Waals surface area contributed by atoms with Crippen LogP contribution in [0, 0.1) is 0 Å². The number of benzene rings is 1. The molecule has 92 valence electrons. The Morgan fingerprint density at radius 3 is 3.06 bits per heavy atom. The number of carbonyl (C=O) groups excluding carboxylic acids is 1. The molecule has 1 aromatic rings. The van der Waals surface area contributed by atoms with Crippen molar-refractivity contribution in [2.45, 2.75) is 30.8 Å². The lowest BCUT2D eigenvalue weighted by atomic mass is 10.2. The van der Waals surface area contributed by atoms with Gasteiger partial charge in [0.1, 0.15) is 6.10 Å². The Labute approximate surface area is 106 Å². The van der Waals surface area contributed by atoms with Crippen molar-refractivity contribution in [3.63, 3.8) is 0 Å². The average Bonchev–Trinajstić information content (AvgIpc) is 2.85. The molecule has 1 saturated heterocycles. The second-order valence-corrected chi connectivity index (χ2v) is 5.23. The monoisotopic (exact) mass is 251 g/mol. The van der Waals surface area contributed by atoms with E-state index in [9.17, 15) is 4.79 Å². The van der Waals surface area contributed by atoms with E-state index in [0.717, 1.165) is 29.2 Å². The molecule has 0 aliphatic carbocycles. The fourth-order valence-electron chi connectivity index (χ4n) is 1.85. The third-order valence-corrected chi connectivity index (χ3v) is 3.62. The summed E-state index contributed by atoms with van der Waals surface area (Å²) in [5, 5.41) is 2.95. The van der Waals surface area contributed by atoms with Gasteiger partial charge in [0.05, 0.1) is 5.69 Å². The topological polar surface area (TPSA) is 38.3 Å². The number of amides is 1. The first kappa shape index (κ1) is 12.5. The summed E-state index contributed by atoms with van der Waals surface area (Å²) < 4.78 is 5.37. The lowest BCUT2D eigenvalue weighted by Gasteiger charge is -2.13. The highest BCUT2D eigenvalue weighted by molar-refractivity contribution is 7.99. The van der Waals surface area contributed by atoms with Crippen LogP contribution in [0.2, 0.25) is 0 Å². The molecule has 1 atom stereocenters. The standard InChI is InChI=1S/C13H17NO2S/c1-2-17-12-8-4-3-6-10(12)14-13(15)11-7-5-9-16-11/h3-4,6,8,11H,2,5,7,9H2,1H3,(H,14,15)/t11-/m1/s1. The fourth-order valence-corrected chi connectivity index (χ4v) is 2.61. The van der Waals surface area contributed by atoms with Crippen LogP contribution in [0.4, 0.5) is 5.69 Å². The van der Waals surface area contributed by atoms with E-state index in [1.54, 1.807) is 11.8 Å². The number of carbonyl (C=O) groups is 1. The SMILES string of the molecule is CCSc1ccccc1NC(=O)[C@H]1CCCO1. The predicted molar refractivity (Wildman–Crippen MR) is 70.4 cm³/mol. The summed E-state index contributed by atoms with van der Waals surface area (Å²) in [6.45, 7) is 2.80. The van der Waals surface area contributed by atoms with Gasteiger partial charge in [-0.05, 0) is 30.7 Å². The van der Waals surface area contributed by atoms with Gasteiger partial charge < -0.3 is 10.1 Å². The largest absolute Gasteiger partial charge is 0.368 e. The van der Waals surface area contributed by atoms with Gasteiger partial charge in [-0.1, -0.05) is 19.1 Å². The van der Waals surface area contributed by atoms with Crippen LogP contribution in [0.3, 0.4) is 0 Å². The van der Waals surface area contributed by atoms with Crippen LogP contribution >= 0.6 is 11.8 Å². The van der Waals surface area contributed by atoms with Crippen LogP contribution in [0.1, 0.15) is 19.8 Å². The molecule has 1 aliphatic rings. The zero-order chi connectivity index (χ0) is 12.1. The van der Waals surface area contributed by atoms with Crippen LogP contribution in [-0.4, -0.2) is 24.4 Å². The molecule has 1 amide bonds. The maximum Gasteiger partial charge on any atom is 0.253 e. The maximum absolute atomic E-state index is 11.9. The molecule has 4 heteroatoms. The van der Waals surface area contributed by atoms with Gasteiger partial charge in [0, 0.05) is 11.5 Å². The Balaban J connectivity index is 2.04. The van der Waals surface area contributed by atoms with Crippen molar-refractivity contribution in [1.29, 1.82) is 0 Å². The molecular weight excluding hydrogens is 234 g/mol. The molecule has 0 aromatic heterocycles. The second kappa shape index (κ2) is 6.07. The van der Waals surface area contributed by atoms with E-state index < -0.39 is 0 Å². The number of rotatable bonds is 4. The number of para-hydroxylation sites is 1. The molecule has 1 fully saturated rings. The molecule has 0 bridgehead atoms. The molecule has 0 unspecified atom stereocenters. The molecule has 0 saturated carbocycles. The third-order valence-electron chi connectivity index (χ3n) is 2.67. The zero-order valence-electron chi connectivity index (χ0n) is 9.94. The molecule has 3 nitrogen and oxygen atoms in total. The van der Waals surface area contributed by atoms with E-state index >= 15 is 0 Å². The summed E-state index contributed by atoms with van der Waals surface area (Å²) in [7, 11) is 0. The van der Waals surface area contributed by atoms with Crippen LogP contribution in [0.25, 0.3) is 0 Å². The van der Waals surface area contributed by atoms with Gasteiger partial charge in [0.15, 0.2) is 0 Å². The van der Waals surface area contributed by atoms with E-state index in [2.05, 4.69) is 12.2 Å². The summed E-state index contributed by atoms with van der Waals surface area (Å²) in [4.78, 5) is 13.0. The third kappa shape index (κ3) is 3.23. The smallest absolute Gasteiger partial charge is 0.253 e. The van der Waals surface area contributed by atoms with Gasteiger partial charge in [0.2, 0.25) is 0 Å². The van der Waals surface area contributed by atoms with E-state index in [0.29, 0.717) is 6.61 Å². The number of nitrogens with one attached hydrogen (secondary N) is 1. The highest BCUT2D eigenvalue weighted by Gasteiger charge is 2.23. The van der Waals surface area contributed by atoms with E-state index in [-0.39, 0.29) is 12.0 Å². The first-order chi connectivity index (χ1) is 8.31.